The van der Waals surface area contributed by atoms with Crippen molar-refractivity contribution in [3.8, 4) is 0 Å². The second-order valence-corrected chi connectivity index (χ2v) is 11.2. The van der Waals surface area contributed by atoms with Crippen molar-refractivity contribution in [1.82, 2.24) is 0 Å². The smallest absolute Gasteiger partial charge is 0.239 e. The molecule has 1 aliphatic heterocycles. The zero-order valence-electron chi connectivity index (χ0n) is 21.4. The van der Waals surface area contributed by atoms with E-state index in [4.69, 9.17) is 16.6 Å². The Labute approximate surface area is 236 Å². The second-order valence-electron chi connectivity index (χ2n) is 10.8. The molecule has 0 radical (unpaired) electrons. The largest absolute Gasteiger partial charge is 0.274 e. The molecule has 5 aromatic carbocycles. The Morgan fingerprint density at radius 1 is 0.725 bits per heavy atom. The van der Waals surface area contributed by atoms with Crippen LogP contribution in [0, 0.1) is 11.8 Å². The summed E-state index contributed by atoms with van der Waals surface area (Å²) in [7, 11) is 0. The molecule has 0 aromatic heterocycles. The van der Waals surface area contributed by atoms with Crippen LogP contribution >= 0.6 is 11.6 Å². The maximum absolute atomic E-state index is 14.7. The van der Waals surface area contributed by atoms with Crippen LogP contribution in [0.5, 0.6) is 0 Å². The Morgan fingerprint density at radius 3 is 2.12 bits per heavy atom. The number of aliphatic imine (C=N–C) groups is 1. The van der Waals surface area contributed by atoms with Gasteiger partial charge in [0.25, 0.3) is 0 Å². The first-order valence-corrected chi connectivity index (χ1v) is 13.8. The van der Waals surface area contributed by atoms with Gasteiger partial charge < -0.3 is 0 Å². The lowest BCUT2D eigenvalue weighted by molar-refractivity contribution is -0.122. The van der Waals surface area contributed by atoms with Crippen molar-refractivity contribution in [1.29, 1.82) is 0 Å². The molecular weight excluding hydrogens is 516 g/mol. The molecule has 5 heteroatoms. The molecule has 1 saturated heterocycles. The fraction of sp³-hybridized carbons (Fsp3) is 0.114. The van der Waals surface area contributed by atoms with Crippen LogP contribution in [-0.4, -0.2) is 18.0 Å². The van der Waals surface area contributed by atoms with Crippen LogP contribution in [0.15, 0.2) is 120 Å². The van der Waals surface area contributed by atoms with E-state index >= 15 is 0 Å². The summed E-state index contributed by atoms with van der Waals surface area (Å²) in [5, 5.41) is 2.46. The first kappa shape index (κ1) is 23.4. The Hall–Kier alpha value is -4.54. The molecule has 4 nitrogen and oxygen atoms in total. The lowest BCUT2D eigenvalue weighted by Gasteiger charge is -2.52. The molecule has 9 rings (SSSR count). The van der Waals surface area contributed by atoms with Crippen molar-refractivity contribution in [3.05, 3.63) is 143 Å². The van der Waals surface area contributed by atoms with Gasteiger partial charge in [-0.1, -0.05) is 103 Å². The summed E-state index contributed by atoms with van der Waals surface area (Å²) in [6.07, 6.45) is 1.90. The summed E-state index contributed by atoms with van der Waals surface area (Å²) in [4.78, 5) is 35.6. The predicted octanol–water partition coefficient (Wildman–Crippen LogP) is 7.45. The van der Waals surface area contributed by atoms with Gasteiger partial charge in [-0.2, -0.15) is 0 Å². The van der Waals surface area contributed by atoms with Gasteiger partial charge in [-0.05, 0) is 51.9 Å². The predicted molar refractivity (Wildman–Crippen MR) is 159 cm³/mol. The van der Waals surface area contributed by atoms with Crippen LogP contribution in [-0.2, 0) is 15.0 Å². The standard InChI is InChI=1S/C35H23ClN2O2/c36-22-11-8-12-23(19-22)37-20-35-27-16-5-3-14-25(27)30(26-15-4-6-17-28(26)35)31-32(35)34(40)38(33(31)39)29-18-7-10-21-9-1-2-13-24(21)29/h1-20,30-32H/t30?,31-,32-,35?/m0/s1. The minimum atomic E-state index is -0.916. The Balaban J connectivity index is 1.40. The topological polar surface area (TPSA) is 49.7 Å². The summed E-state index contributed by atoms with van der Waals surface area (Å²) < 4.78 is 0. The molecule has 2 bridgehead atoms. The van der Waals surface area contributed by atoms with Crippen molar-refractivity contribution >= 4 is 51.8 Å². The Kier molecular flexibility index (Phi) is 4.95. The summed E-state index contributed by atoms with van der Waals surface area (Å²) in [5.74, 6) is -1.71. The van der Waals surface area contributed by atoms with Gasteiger partial charge in [0.15, 0.2) is 0 Å². The monoisotopic (exact) mass is 538 g/mol. The third-order valence-electron chi connectivity index (χ3n) is 8.92. The van der Waals surface area contributed by atoms with Gasteiger partial charge in [-0.25, -0.2) is 4.90 Å². The lowest BCUT2D eigenvalue weighted by atomic mass is 9.47. The molecule has 1 heterocycles. The lowest BCUT2D eigenvalue weighted by Crippen LogP contribution is -2.54. The number of rotatable bonds is 3. The number of benzene rings is 5. The fourth-order valence-corrected chi connectivity index (χ4v) is 7.61. The number of halogens is 1. The summed E-state index contributed by atoms with van der Waals surface area (Å²) in [6.45, 7) is 0. The van der Waals surface area contributed by atoms with Crippen LogP contribution in [0.25, 0.3) is 10.8 Å². The van der Waals surface area contributed by atoms with E-state index in [-0.39, 0.29) is 17.7 Å². The van der Waals surface area contributed by atoms with Gasteiger partial charge in [0.1, 0.15) is 0 Å². The molecule has 0 spiro atoms. The van der Waals surface area contributed by atoms with Crippen LogP contribution in [0.2, 0.25) is 5.02 Å². The number of fused-ring (bicyclic) bond motifs is 1. The molecule has 5 aromatic rings. The molecule has 4 aliphatic rings. The molecule has 0 unspecified atom stereocenters. The molecule has 0 N–H and O–H groups in total. The average Bonchev–Trinajstić information content (AvgIpc) is 3.26. The normalized spacial score (nSPS) is 24.4. The maximum Gasteiger partial charge on any atom is 0.239 e. The van der Waals surface area contributed by atoms with Crippen molar-refractivity contribution in [3.63, 3.8) is 0 Å². The van der Waals surface area contributed by atoms with E-state index in [1.54, 1.807) is 0 Å². The van der Waals surface area contributed by atoms with Crippen LogP contribution < -0.4 is 4.90 Å². The summed E-state index contributed by atoms with van der Waals surface area (Å²) >= 11 is 6.29. The van der Waals surface area contributed by atoms with E-state index in [1.165, 1.54) is 4.90 Å². The number of hydrogen-bond donors (Lipinski definition) is 0. The van der Waals surface area contributed by atoms with E-state index in [1.807, 2.05) is 97.2 Å². The highest BCUT2D eigenvalue weighted by molar-refractivity contribution is 6.31. The second kappa shape index (κ2) is 8.48. The van der Waals surface area contributed by atoms with Gasteiger partial charge in [0.2, 0.25) is 11.8 Å². The number of amides is 2. The van der Waals surface area contributed by atoms with Gasteiger partial charge >= 0.3 is 0 Å². The molecule has 3 aliphatic carbocycles. The number of carbonyl (C=O) groups excluding carboxylic acids is 2. The zero-order valence-corrected chi connectivity index (χ0v) is 22.1. The molecule has 0 saturated carbocycles. The minimum absolute atomic E-state index is 0.152. The van der Waals surface area contributed by atoms with Crippen molar-refractivity contribution in [2.24, 2.45) is 16.8 Å². The highest BCUT2D eigenvalue weighted by Crippen LogP contribution is 2.64. The van der Waals surface area contributed by atoms with Crippen LogP contribution in [0.1, 0.15) is 28.2 Å². The highest BCUT2D eigenvalue weighted by Gasteiger charge is 2.68. The third kappa shape index (κ3) is 3.00. The molecule has 40 heavy (non-hydrogen) atoms. The van der Waals surface area contributed by atoms with Crippen LogP contribution in [0.4, 0.5) is 11.4 Å². The Morgan fingerprint density at radius 2 is 1.38 bits per heavy atom. The first-order valence-electron chi connectivity index (χ1n) is 13.4. The van der Waals surface area contributed by atoms with Crippen molar-refractivity contribution < 1.29 is 9.59 Å². The number of anilines is 1. The average molecular weight is 539 g/mol. The van der Waals surface area contributed by atoms with E-state index < -0.39 is 17.3 Å². The maximum atomic E-state index is 14.7. The summed E-state index contributed by atoms with van der Waals surface area (Å²) in [5.41, 5.74) is 4.65. The molecular formula is C35H23ClN2O2. The van der Waals surface area contributed by atoms with Crippen molar-refractivity contribution in [2.75, 3.05) is 4.90 Å². The van der Waals surface area contributed by atoms with E-state index in [9.17, 15) is 9.59 Å². The highest BCUT2D eigenvalue weighted by atomic mass is 35.5. The zero-order chi connectivity index (χ0) is 27.0. The fourth-order valence-electron chi connectivity index (χ4n) is 7.42. The number of carbonyl (C=O) groups is 2. The van der Waals surface area contributed by atoms with E-state index in [2.05, 4.69) is 24.3 Å². The number of nitrogens with zero attached hydrogens (tertiary/aromatic N) is 2. The third-order valence-corrected chi connectivity index (χ3v) is 9.15. The Bertz CT molecular complexity index is 1860. The quantitative estimate of drug-likeness (QED) is 0.177. The number of imide groups is 1. The van der Waals surface area contributed by atoms with Gasteiger partial charge in [0, 0.05) is 22.5 Å². The van der Waals surface area contributed by atoms with Crippen LogP contribution in [0.3, 0.4) is 0 Å². The first-order chi connectivity index (χ1) is 19.6. The van der Waals surface area contributed by atoms with Gasteiger partial charge in [-0.3, -0.25) is 14.6 Å². The molecule has 2 atom stereocenters. The van der Waals surface area contributed by atoms with E-state index in [0.29, 0.717) is 16.4 Å². The SMILES string of the molecule is O=C1[C@@H]2[C@@H](C(=O)N1c1cccc3ccccc13)C1c3ccccc3C2(C=Nc2cccc(Cl)c2)c2ccccc21. The van der Waals surface area contributed by atoms with E-state index in [0.717, 1.165) is 33.0 Å². The summed E-state index contributed by atoms with van der Waals surface area (Å²) in [6, 6.07) is 37.5. The number of hydrogen-bond acceptors (Lipinski definition) is 3. The molecule has 2 amide bonds. The minimum Gasteiger partial charge on any atom is -0.274 e. The van der Waals surface area contributed by atoms with Gasteiger partial charge in [0.05, 0.1) is 28.6 Å². The van der Waals surface area contributed by atoms with Crippen molar-refractivity contribution in [2.45, 2.75) is 11.3 Å². The molecule has 1 fully saturated rings. The van der Waals surface area contributed by atoms with Gasteiger partial charge in [-0.15, -0.1) is 0 Å². The molecule has 192 valence electrons.